The van der Waals surface area contributed by atoms with Crippen LogP contribution in [-0.4, -0.2) is 23.6 Å². The van der Waals surface area contributed by atoms with E-state index < -0.39 is 0 Å². The monoisotopic (exact) mass is 408 g/mol. The first-order valence-corrected chi connectivity index (χ1v) is 11.2. The normalized spacial score (nSPS) is 19.9. The molecule has 1 aromatic rings. The Hall–Kier alpha value is -1.47. The summed E-state index contributed by atoms with van der Waals surface area (Å²) >= 11 is 6.93. The molecule has 1 unspecified atom stereocenters. The molecule has 2 aliphatic carbocycles. The molecule has 0 aromatic carbocycles. The summed E-state index contributed by atoms with van der Waals surface area (Å²) in [6.45, 7) is 4.37. The Morgan fingerprint density at radius 2 is 1.96 bits per heavy atom. The maximum atomic E-state index is 12.5. The maximum absolute atomic E-state index is 12.5. The number of nitrogens with one attached hydrogen (secondary N) is 2. The van der Waals surface area contributed by atoms with Gasteiger partial charge >= 0.3 is 5.97 Å². The molecular weight excluding hydrogens is 380 g/mol. The number of rotatable bonds is 4. The fraction of sp³-hybridized carbons (Fsp3) is 0.650. The predicted octanol–water partition coefficient (Wildman–Crippen LogP) is 4.44. The summed E-state index contributed by atoms with van der Waals surface area (Å²) in [5, 5.41) is 6.89. The Bertz CT molecular complexity index is 723. The third kappa shape index (κ3) is 4.88. The fourth-order valence-corrected chi connectivity index (χ4v) is 5.64. The van der Waals surface area contributed by atoms with Crippen molar-refractivity contribution in [2.75, 3.05) is 11.9 Å². The number of carbonyl (C=O) groups excluding carboxylic acids is 2. The number of amides is 1. The van der Waals surface area contributed by atoms with Gasteiger partial charge in [-0.2, -0.15) is 0 Å². The van der Waals surface area contributed by atoms with Gasteiger partial charge in [0.15, 0.2) is 5.11 Å². The van der Waals surface area contributed by atoms with Crippen molar-refractivity contribution in [1.29, 1.82) is 0 Å². The van der Waals surface area contributed by atoms with Crippen LogP contribution in [0.15, 0.2) is 0 Å². The van der Waals surface area contributed by atoms with Crippen molar-refractivity contribution in [3.8, 4) is 0 Å². The summed E-state index contributed by atoms with van der Waals surface area (Å²) in [5.74, 6) is 0.325. The first-order valence-electron chi connectivity index (χ1n) is 9.93. The van der Waals surface area contributed by atoms with Gasteiger partial charge in [-0.25, -0.2) is 4.79 Å². The Morgan fingerprint density at radius 1 is 1.22 bits per heavy atom. The Balaban J connectivity index is 1.74. The smallest absolute Gasteiger partial charge is 0.341 e. The number of esters is 1. The average Bonchev–Trinajstić information content (AvgIpc) is 2.99. The summed E-state index contributed by atoms with van der Waals surface area (Å²) in [4.78, 5) is 26.2. The number of thiophene rings is 1. The SMILES string of the molecule is CCOC(=O)c1c(NC(=S)NC(=O)C2CCCCC2)sc2c1CCC(C)C2. The molecule has 3 rings (SSSR count). The Morgan fingerprint density at radius 3 is 2.67 bits per heavy atom. The van der Waals surface area contributed by atoms with Crippen LogP contribution >= 0.6 is 23.6 Å². The van der Waals surface area contributed by atoms with Crippen LogP contribution in [0.2, 0.25) is 0 Å². The molecule has 0 saturated heterocycles. The van der Waals surface area contributed by atoms with Gasteiger partial charge in [0.1, 0.15) is 5.00 Å². The van der Waals surface area contributed by atoms with E-state index in [-0.39, 0.29) is 22.9 Å². The quantitative estimate of drug-likeness (QED) is 0.569. The standard InChI is InChI=1S/C20H28N2O3S2/c1-3-25-19(24)16-14-10-9-12(2)11-15(14)27-18(16)22-20(26)21-17(23)13-7-5-4-6-8-13/h12-13H,3-11H2,1-2H3,(H2,21,22,23,26). The molecule has 7 heteroatoms. The zero-order valence-electron chi connectivity index (χ0n) is 16.1. The topological polar surface area (TPSA) is 67.4 Å². The van der Waals surface area contributed by atoms with Gasteiger partial charge in [-0.15, -0.1) is 11.3 Å². The van der Waals surface area contributed by atoms with Gasteiger partial charge in [0, 0.05) is 10.8 Å². The number of ether oxygens (including phenoxy) is 1. The van der Waals surface area contributed by atoms with E-state index in [1.807, 2.05) is 0 Å². The molecule has 1 heterocycles. The van der Waals surface area contributed by atoms with Crippen LogP contribution in [0.25, 0.3) is 0 Å². The molecule has 0 aliphatic heterocycles. The summed E-state index contributed by atoms with van der Waals surface area (Å²) in [6, 6.07) is 0. The highest BCUT2D eigenvalue weighted by molar-refractivity contribution is 7.80. The lowest BCUT2D eigenvalue weighted by Crippen LogP contribution is -2.39. The molecule has 0 radical (unpaired) electrons. The fourth-order valence-electron chi connectivity index (χ4n) is 3.97. The molecule has 5 nitrogen and oxygen atoms in total. The number of anilines is 1. The summed E-state index contributed by atoms with van der Waals surface area (Å²) in [6.07, 6.45) is 8.16. The molecule has 1 amide bonds. The number of hydrogen-bond acceptors (Lipinski definition) is 5. The van der Waals surface area contributed by atoms with Crippen molar-refractivity contribution in [1.82, 2.24) is 5.32 Å². The van der Waals surface area contributed by atoms with Crippen LogP contribution in [-0.2, 0) is 22.4 Å². The van der Waals surface area contributed by atoms with Crippen molar-refractivity contribution >= 4 is 45.5 Å². The molecule has 2 N–H and O–H groups in total. The minimum Gasteiger partial charge on any atom is -0.462 e. The van der Waals surface area contributed by atoms with Gasteiger partial charge in [-0.05, 0) is 62.7 Å². The van der Waals surface area contributed by atoms with E-state index in [0.717, 1.165) is 50.5 Å². The van der Waals surface area contributed by atoms with E-state index in [1.54, 1.807) is 18.3 Å². The van der Waals surface area contributed by atoms with Crippen LogP contribution in [0.4, 0.5) is 5.00 Å². The van der Waals surface area contributed by atoms with Gasteiger partial charge in [0.25, 0.3) is 0 Å². The molecule has 2 aliphatic rings. The zero-order valence-corrected chi connectivity index (χ0v) is 17.7. The van der Waals surface area contributed by atoms with Crippen LogP contribution < -0.4 is 10.6 Å². The number of thiocarbonyl (C=S) groups is 1. The minimum absolute atomic E-state index is 0.0140. The zero-order chi connectivity index (χ0) is 19.4. The van der Waals surface area contributed by atoms with Crippen molar-refractivity contribution < 1.29 is 14.3 Å². The van der Waals surface area contributed by atoms with Crippen LogP contribution in [0.3, 0.4) is 0 Å². The third-order valence-corrected chi connectivity index (χ3v) is 6.80. The predicted molar refractivity (Wildman–Crippen MR) is 112 cm³/mol. The maximum Gasteiger partial charge on any atom is 0.341 e. The van der Waals surface area contributed by atoms with E-state index in [9.17, 15) is 9.59 Å². The summed E-state index contributed by atoms with van der Waals surface area (Å²) in [7, 11) is 0. The minimum atomic E-state index is -0.312. The van der Waals surface area contributed by atoms with Gasteiger partial charge in [-0.3, -0.25) is 4.79 Å². The molecule has 1 aromatic heterocycles. The van der Waals surface area contributed by atoms with Gasteiger partial charge in [0.05, 0.1) is 12.2 Å². The van der Waals surface area contributed by atoms with Crippen LogP contribution in [0, 0.1) is 11.8 Å². The molecule has 1 saturated carbocycles. The highest BCUT2D eigenvalue weighted by atomic mass is 32.1. The lowest BCUT2D eigenvalue weighted by Gasteiger charge is -2.21. The molecule has 27 heavy (non-hydrogen) atoms. The second-order valence-corrected chi connectivity index (χ2v) is 9.07. The second-order valence-electron chi connectivity index (χ2n) is 7.55. The third-order valence-electron chi connectivity index (χ3n) is 5.43. The number of fused-ring (bicyclic) bond motifs is 1. The first-order chi connectivity index (χ1) is 13.0. The Labute approximate surface area is 170 Å². The summed E-state index contributed by atoms with van der Waals surface area (Å²) in [5.41, 5.74) is 1.68. The lowest BCUT2D eigenvalue weighted by molar-refractivity contribution is -0.124. The average molecular weight is 409 g/mol. The lowest BCUT2D eigenvalue weighted by atomic mass is 9.88. The second kappa shape index (κ2) is 9.15. The van der Waals surface area contributed by atoms with E-state index in [2.05, 4.69) is 17.6 Å². The number of carbonyl (C=O) groups is 2. The highest BCUT2D eigenvalue weighted by Crippen LogP contribution is 2.40. The van der Waals surface area contributed by atoms with Gasteiger partial charge in [-0.1, -0.05) is 26.2 Å². The van der Waals surface area contributed by atoms with Crippen LogP contribution in [0.1, 0.15) is 73.2 Å². The first kappa shape index (κ1) is 20.3. The Kier molecular flexibility index (Phi) is 6.87. The van der Waals surface area contributed by atoms with Crippen molar-refractivity contribution in [3.63, 3.8) is 0 Å². The molecule has 148 valence electrons. The molecular formula is C20H28N2O3S2. The van der Waals surface area contributed by atoms with Gasteiger partial charge in [0.2, 0.25) is 5.91 Å². The summed E-state index contributed by atoms with van der Waals surface area (Å²) < 4.78 is 5.27. The van der Waals surface area contributed by atoms with E-state index in [4.69, 9.17) is 17.0 Å². The van der Waals surface area contributed by atoms with E-state index >= 15 is 0 Å². The molecule has 1 atom stereocenters. The molecule has 1 fully saturated rings. The van der Waals surface area contributed by atoms with E-state index in [1.165, 1.54) is 11.3 Å². The largest absolute Gasteiger partial charge is 0.462 e. The van der Waals surface area contributed by atoms with E-state index in [0.29, 0.717) is 23.1 Å². The molecule has 0 spiro atoms. The van der Waals surface area contributed by atoms with Crippen molar-refractivity contribution in [3.05, 3.63) is 16.0 Å². The van der Waals surface area contributed by atoms with Crippen molar-refractivity contribution in [2.24, 2.45) is 11.8 Å². The van der Waals surface area contributed by atoms with Gasteiger partial charge < -0.3 is 15.4 Å². The highest BCUT2D eigenvalue weighted by Gasteiger charge is 2.29. The van der Waals surface area contributed by atoms with Crippen molar-refractivity contribution in [2.45, 2.75) is 65.2 Å². The number of hydrogen-bond donors (Lipinski definition) is 2. The molecule has 0 bridgehead atoms. The van der Waals surface area contributed by atoms with Crippen LogP contribution in [0.5, 0.6) is 0 Å².